The van der Waals surface area contributed by atoms with Crippen LogP contribution in [-0.2, 0) is 4.79 Å². The summed E-state index contributed by atoms with van der Waals surface area (Å²) in [5.41, 5.74) is 0. The first-order valence-corrected chi connectivity index (χ1v) is 7.07. The van der Waals surface area contributed by atoms with E-state index >= 15 is 0 Å². The lowest BCUT2D eigenvalue weighted by Gasteiger charge is -2.30. The smallest absolute Gasteiger partial charge is 0.237 e. The summed E-state index contributed by atoms with van der Waals surface area (Å²) >= 11 is 0. The number of rotatable bonds is 9. The van der Waals surface area contributed by atoms with E-state index in [2.05, 4.69) is 18.1 Å². The number of carbonyl (C=O) groups excluding carboxylic acids is 1. The number of hydrogen-bond donors (Lipinski definition) is 1. The molecule has 0 spiro atoms. The Kier molecular flexibility index (Phi) is 7.45. The van der Waals surface area contributed by atoms with Crippen molar-refractivity contribution in [1.29, 1.82) is 0 Å². The van der Waals surface area contributed by atoms with Crippen molar-refractivity contribution in [1.82, 2.24) is 9.80 Å². The van der Waals surface area contributed by atoms with Gasteiger partial charge >= 0.3 is 0 Å². The average molecular weight is 266 g/mol. The third kappa shape index (κ3) is 5.17. The maximum atomic E-state index is 12.3. The van der Waals surface area contributed by atoms with Crippen molar-refractivity contribution in [3.8, 4) is 0 Å². The summed E-state index contributed by atoms with van der Waals surface area (Å²) in [7, 11) is 0. The molecular weight excluding hydrogens is 240 g/mol. The molecule has 0 radical (unpaired) electrons. The molecule has 0 atom stereocenters. The van der Waals surface area contributed by atoms with Crippen molar-refractivity contribution in [2.75, 3.05) is 32.8 Å². The molecule has 0 saturated heterocycles. The van der Waals surface area contributed by atoms with E-state index < -0.39 is 0 Å². The van der Waals surface area contributed by atoms with Gasteiger partial charge in [-0.3, -0.25) is 9.69 Å². The van der Waals surface area contributed by atoms with Crippen LogP contribution < -0.4 is 0 Å². The highest BCUT2D eigenvalue weighted by molar-refractivity contribution is 5.78. The Morgan fingerprint density at radius 1 is 1.21 bits per heavy atom. The molecule has 108 valence electrons. The van der Waals surface area contributed by atoms with E-state index in [1.165, 1.54) is 12.8 Å². The average Bonchev–Trinajstić information content (AvgIpc) is 2.91. The van der Waals surface area contributed by atoms with E-state index in [4.69, 9.17) is 5.11 Å². The molecule has 0 aromatic rings. The van der Waals surface area contributed by atoms with Crippen molar-refractivity contribution >= 4 is 5.91 Å². The first kappa shape index (κ1) is 15.9. The summed E-state index contributed by atoms with van der Waals surface area (Å²) in [5, 5.41) is 9.16. The molecule has 19 heavy (non-hydrogen) atoms. The molecule has 1 rings (SSSR count). The maximum Gasteiger partial charge on any atom is 0.237 e. The van der Waals surface area contributed by atoms with Crippen molar-refractivity contribution in [2.24, 2.45) is 0 Å². The second-order valence-electron chi connectivity index (χ2n) is 5.01. The van der Waals surface area contributed by atoms with Crippen molar-refractivity contribution < 1.29 is 9.90 Å². The summed E-state index contributed by atoms with van der Waals surface area (Å²) in [6.07, 6.45) is 8.18. The van der Waals surface area contributed by atoms with E-state index in [0.29, 0.717) is 32.2 Å². The summed E-state index contributed by atoms with van der Waals surface area (Å²) in [6.45, 7) is 9.50. The molecular formula is C15H26N2O2. The van der Waals surface area contributed by atoms with Crippen molar-refractivity contribution in [3.63, 3.8) is 0 Å². The fourth-order valence-corrected chi connectivity index (χ4v) is 2.65. The van der Waals surface area contributed by atoms with Gasteiger partial charge in [-0.25, -0.2) is 0 Å². The minimum absolute atomic E-state index is 0.0835. The monoisotopic (exact) mass is 266 g/mol. The molecule has 1 aliphatic carbocycles. The van der Waals surface area contributed by atoms with Gasteiger partial charge in [0.2, 0.25) is 5.91 Å². The molecule has 0 heterocycles. The Balaban J connectivity index is 2.57. The lowest BCUT2D eigenvalue weighted by molar-refractivity contribution is -0.132. The standard InChI is InChI=1S/C15H26N2O2/c1-3-9-16(10-4-2)15(19)13-17(11-12-18)14-7-5-6-8-14/h3-4,14,18H,1-2,5-13H2. The maximum absolute atomic E-state index is 12.3. The molecule has 1 saturated carbocycles. The molecule has 0 bridgehead atoms. The molecule has 4 nitrogen and oxygen atoms in total. The summed E-state index contributed by atoms with van der Waals surface area (Å²) in [4.78, 5) is 16.1. The largest absolute Gasteiger partial charge is 0.395 e. The predicted octanol–water partition coefficient (Wildman–Crippen LogP) is 1.42. The van der Waals surface area contributed by atoms with Gasteiger partial charge < -0.3 is 10.0 Å². The van der Waals surface area contributed by atoms with Crippen LogP contribution in [-0.4, -0.2) is 59.6 Å². The highest BCUT2D eigenvalue weighted by Crippen LogP contribution is 2.23. The number of carbonyl (C=O) groups is 1. The molecule has 4 heteroatoms. The Morgan fingerprint density at radius 3 is 2.26 bits per heavy atom. The van der Waals surface area contributed by atoms with E-state index in [1.807, 2.05) is 0 Å². The van der Waals surface area contributed by atoms with Gasteiger partial charge in [0.05, 0.1) is 13.2 Å². The SMILES string of the molecule is C=CCN(CC=C)C(=O)CN(CCO)C1CCCC1. The lowest BCUT2D eigenvalue weighted by Crippen LogP contribution is -2.45. The number of aliphatic hydroxyl groups is 1. The number of hydrogen-bond acceptors (Lipinski definition) is 3. The molecule has 0 aromatic heterocycles. The summed E-state index contributed by atoms with van der Waals surface area (Å²) in [6, 6.07) is 0.449. The topological polar surface area (TPSA) is 43.8 Å². The van der Waals surface area contributed by atoms with Crippen molar-refractivity contribution in [2.45, 2.75) is 31.7 Å². The quantitative estimate of drug-likeness (QED) is 0.642. The zero-order chi connectivity index (χ0) is 14.1. The molecule has 1 aliphatic rings. The zero-order valence-electron chi connectivity index (χ0n) is 11.8. The molecule has 1 amide bonds. The van der Waals surface area contributed by atoms with E-state index in [9.17, 15) is 4.79 Å². The molecule has 0 aromatic carbocycles. The van der Waals surface area contributed by atoms with Crippen LogP contribution in [0.2, 0.25) is 0 Å². The number of aliphatic hydroxyl groups excluding tert-OH is 1. The van der Waals surface area contributed by atoms with E-state index in [1.54, 1.807) is 17.1 Å². The van der Waals surface area contributed by atoms with Gasteiger partial charge in [-0.05, 0) is 12.8 Å². The number of nitrogens with zero attached hydrogens (tertiary/aromatic N) is 2. The van der Waals surface area contributed by atoms with E-state index in [0.717, 1.165) is 12.8 Å². The van der Waals surface area contributed by atoms with Crippen LogP contribution in [0.5, 0.6) is 0 Å². The minimum Gasteiger partial charge on any atom is -0.395 e. The van der Waals surface area contributed by atoms with Crippen LogP contribution in [0.25, 0.3) is 0 Å². The van der Waals surface area contributed by atoms with Gasteiger partial charge in [0.25, 0.3) is 0 Å². The van der Waals surface area contributed by atoms with Gasteiger partial charge in [0.1, 0.15) is 0 Å². The van der Waals surface area contributed by atoms with E-state index in [-0.39, 0.29) is 12.5 Å². The summed E-state index contributed by atoms with van der Waals surface area (Å²) < 4.78 is 0. The number of amides is 1. The van der Waals surface area contributed by atoms with Crippen molar-refractivity contribution in [3.05, 3.63) is 25.3 Å². The molecule has 0 aliphatic heterocycles. The first-order chi connectivity index (χ1) is 9.22. The van der Waals surface area contributed by atoms with Gasteiger partial charge in [0.15, 0.2) is 0 Å². The predicted molar refractivity (Wildman–Crippen MR) is 77.9 cm³/mol. The normalized spacial score (nSPS) is 15.7. The molecule has 0 unspecified atom stereocenters. The van der Waals surface area contributed by atoms with Crippen LogP contribution in [0.15, 0.2) is 25.3 Å². The first-order valence-electron chi connectivity index (χ1n) is 7.07. The van der Waals surface area contributed by atoms with Gasteiger partial charge in [-0.2, -0.15) is 0 Å². The second kappa shape index (κ2) is 8.88. The molecule has 1 N–H and O–H groups in total. The van der Waals surface area contributed by atoms with Crippen LogP contribution in [0, 0.1) is 0 Å². The summed E-state index contributed by atoms with van der Waals surface area (Å²) in [5.74, 6) is 0.0835. The Morgan fingerprint density at radius 2 is 1.79 bits per heavy atom. The third-order valence-electron chi connectivity index (χ3n) is 3.62. The zero-order valence-corrected chi connectivity index (χ0v) is 11.8. The van der Waals surface area contributed by atoms with Crippen LogP contribution in [0.4, 0.5) is 0 Å². The Hall–Kier alpha value is -1.13. The van der Waals surface area contributed by atoms with Crippen LogP contribution >= 0.6 is 0 Å². The van der Waals surface area contributed by atoms with Crippen LogP contribution in [0.3, 0.4) is 0 Å². The second-order valence-corrected chi connectivity index (χ2v) is 5.01. The fraction of sp³-hybridized carbons (Fsp3) is 0.667. The highest BCUT2D eigenvalue weighted by Gasteiger charge is 2.25. The van der Waals surface area contributed by atoms with Gasteiger partial charge in [0, 0.05) is 25.7 Å². The minimum atomic E-state index is 0.0835. The highest BCUT2D eigenvalue weighted by atomic mass is 16.3. The molecule has 1 fully saturated rings. The van der Waals surface area contributed by atoms with Gasteiger partial charge in [-0.1, -0.05) is 25.0 Å². The lowest BCUT2D eigenvalue weighted by atomic mass is 10.2. The third-order valence-corrected chi connectivity index (χ3v) is 3.62. The fourth-order valence-electron chi connectivity index (χ4n) is 2.65. The Bertz CT molecular complexity index is 289. The van der Waals surface area contributed by atoms with Crippen LogP contribution in [0.1, 0.15) is 25.7 Å². The van der Waals surface area contributed by atoms with Gasteiger partial charge in [-0.15, -0.1) is 13.2 Å². The Labute approximate surface area is 116 Å².